The molecule has 0 aliphatic rings. The molecule has 0 aliphatic heterocycles. The van der Waals surface area contributed by atoms with Gasteiger partial charge in [-0.1, -0.05) is 12.1 Å². The largest absolute Gasteiger partial charge is 0.416 e. The molecule has 0 amide bonds. The quantitative estimate of drug-likeness (QED) is 0.807. The van der Waals surface area contributed by atoms with E-state index >= 15 is 0 Å². The summed E-state index contributed by atoms with van der Waals surface area (Å²) in [6.45, 7) is 2.12. The Morgan fingerprint density at radius 2 is 1.89 bits per heavy atom. The van der Waals surface area contributed by atoms with Crippen molar-refractivity contribution in [1.82, 2.24) is 5.32 Å². The molecule has 0 bridgehead atoms. The molecule has 2 atom stereocenters. The summed E-state index contributed by atoms with van der Waals surface area (Å²) in [4.78, 5) is 0. The van der Waals surface area contributed by atoms with Gasteiger partial charge < -0.3 is 10.4 Å². The first-order valence-corrected chi connectivity index (χ1v) is 5.86. The Kier molecular flexibility index (Phi) is 5.40. The van der Waals surface area contributed by atoms with Gasteiger partial charge in [0.1, 0.15) is 0 Å². The van der Waals surface area contributed by atoms with Crippen LogP contribution in [0.3, 0.4) is 0 Å². The van der Waals surface area contributed by atoms with Crippen molar-refractivity contribution in [2.24, 2.45) is 0 Å². The van der Waals surface area contributed by atoms with E-state index in [9.17, 15) is 18.3 Å². The summed E-state index contributed by atoms with van der Waals surface area (Å²) in [6, 6.07) is 4.53. The van der Waals surface area contributed by atoms with Crippen LogP contribution in [0.1, 0.15) is 30.6 Å². The predicted octanol–water partition coefficient (Wildman–Crippen LogP) is 2.74. The van der Waals surface area contributed by atoms with Crippen LogP contribution in [0.5, 0.6) is 0 Å². The molecule has 19 heavy (non-hydrogen) atoms. The topological polar surface area (TPSA) is 32.3 Å². The number of nitrogens with one attached hydrogen (secondary N) is 1. The van der Waals surface area contributed by atoms with Gasteiger partial charge in [0, 0.05) is 19.0 Å². The lowest BCUT2D eigenvalue weighted by Gasteiger charge is -2.16. The fourth-order valence-electron chi connectivity index (χ4n) is 1.57. The van der Waals surface area contributed by atoms with E-state index < -0.39 is 17.8 Å². The van der Waals surface area contributed by atoms with E-state index in [1.807, 2.05) is 6.92 Å². The van der Waals surface area contributed by atoms with Crippen molar-refractivity contribution in [2.75, 3.05) is 6.54 Å². The van der Waals surface area contributed by atoms with Gasteiger partial charge in [0.2, 0.25) is 0 Å². The molecule has 0 spiro atoms. The highest BCUT2D eigenvalue weighted by Gasteiger charge is 2.30. The minimum atomic E-state index is -4.36. The van der Waals surface area contributed by atoms with Crippen LogP contribution in [0.2, 0.25) is 0 Å². The summed E-state index contributed by atoms with van der Waals surface area (Å²) in [7, 11) is 0. The number of terminal acetylenes is 1. The number of hydrogen-bond donors (Lipinski definition) is 2. The van der Waals surface area contributed by atoms with Crippen molar-refractivity contribution in [3.8, 4) is 12.3 Å². The maximum absolute atomic E-state index is 12.4. The SMILES string of the molecule is C#CCC(C)NCC(O)c1ccc(C(F)(F)F)cc1. The van der Waals surface area contributed by atoms with Gasteiger partial charge in [-0.15, -0.1) is 12.3 Å². The monoisotopic (exact) mass is 271 g/mol. The molecule has 0 heterocycles. The van der Waals surface area contributed by atoms with E-state index in [2.05, 4.69) is 11.2 Å². The van der Waals surface area contributed by atoms with Crippen molar-refractivity contribution >= 4 is 0 Å². The van der Waals surface area contributed by atoms with Gasteiger partial charge in [0.05, 0.1) is 11.7 Å². The molecule has 104 valence electrons. The third-order valence-electron chi connectivity index (χ3n) is 2.71. The lowest BCUT2D eigenvalue weighted by atomic mass is 10.1. The first-order valence-electron chi connectivity index (χ1n) is 5.86. The van der Waals surface area contributed by atoms with Crippen LogP contribution >= 0.6 is 0 Å². The summed E-state index contributed by atoms with van der Waals surface area (Å²) in [6.07, 6.45) is 0.456. The van der Waals surface area contributed by atoms with Gasteiger partial charge >= 0.3 is 6.18 Å². The molecule has 0 aliphatic carbocycles. The zero-order valence-corrected chi connectivity index (χ0v) is 10.5. The molecule has 0 saturated heterocycles. The van der Waals surface area contributed by atoms with E-state index in [0.717, 1.165) is 12.1 Å². The zero-order valence-electron chi connectivity index (χ0n) is 10.5. The number of aliphatic hydroxyl groups excluding tert-OH is 1. The second kappa shape index (κ2) is 6.60. The van der Waals surface area contributed by atoms with Crippen LogP contribution in [0.15, 0.2) is 24.3 Å². The number of hydrogen-bond acceptors (Lipinski definition) is 2. The molecule has 0 saturated carbocycles. The van der Waals surface area contributed by atoms with Crippen molar-refractivity contribution in [1.29, 1.82) is 0 Å². The Morgan fingerprint density at radius 3 is 2.37 bits per heavy atom. The average molecular weight is 271 g/mol. The van der Waals surface area contributed by atoms with Crippen molar-refractivity contribution < 1.29 is 18.3 Å². The first-order chi connectivity index (χ1) is 8.84. The number of halogens is 3. The lowest BCUT2D eigenvalue weighted by molar-refractivity contribution is -0.137. The number of alkyl halides is 3. The number of aliphatic hydroxyl groups is 1. The molecule has 0 fully saturated rings. The van der Waals surface area contributed by atoms with Crippen molar-refractivity contribution in [2.45, 2.75) is 31.7 Å². The van der Waals surface area contributed by atoms with Crippen molar-refractivity contribution in [3.63, 3.8) is 0 Å². The van der Waals surface area contributed by atoms with E-state index in [-0.39, 0.29) is 12.6 Å². The maximum Gasteiger partial charge on any atom is 0.416 e. The highest BCUT2D eigenvalue weighted by molar-refractivity contribution is 5.26. The van der Waals surface area contributed by atoms with E-state index in [1.165, 1.54) is 12.1 Å². The average Bonchev–Trinajstić information content (AvgIpc) is 2.35. The minimum Gasteiger partial charge on any atom is -0.387 e. The second-order valence-corrected chi connectivity index (χ2v) is 4.35. The van der Waals surface area contributed by atoms with Gasteiger partial charge in [-0.25, -0.2) is 0 Å². The predicted molar refractivity (Wildman–Crippen MR) is 67.3 cm³/mol. The van der Waals surface area contributed by atoms with Crippen LogP contribution in [0.4, 0.5) is 13.2 Å². The molecule has 2 unspecified atom stereocenters. The summed E-state index contributed by atoms with van der Waals surface area (Å²) >= 11 is 0. The lowest BCUT2D eigenvalue weighted by Crippen LogP contribution is -2.30. The molecular weight excluding hydrogens is 255 g/mol. The summed E-state index contributed by atoms with van der Waals surface area (Å²) in [5, 5.41) is 12.8. The number of rotatable bonds is 5. The summed E-state index contributed by atoms with van der Waals surface area (Å²) in [5.74, 6) is 2.49. The molecule has 2 N–H and O–H groups in total. The smallest absolute Gasteiger partial charge is 0.387 e. The van der Waals surface area contributed by atoms with Crippen LogP contribution in [0.25, 0.3) is 0 Å². The fourth-order valence-corrected chi connectivity index (χ4v) is 1.57. The highest BCUT2D eigenvalue weighted by Crippen LogP contribution is 2.29. The third kappa shape index (κ3) is 4.93. The molecule has 1 rings (SSSR count). The molecule has 0 radical (unpaired) electrons. The van der Waals surface area contributed by atoms with Crippen molar-refractivity contribution in [3.05, 3.63) is 35.4 Å². The number of benzene rings is 1. The van der Waals surface area contributed by atoms with E-state index in [1.54, 1.807) is 0 Å². The maximum atomic E-state index is 12.4. The Hall–Kier alpha value is -1.51. The Balaban J connectivity index is 2.59. The van der Waals surface area contributed by atoms with Gasteiger partial charge in [0.25, 0.3) is 0 Å². The molecule has 1 aromatic carbocycles. The second-order valence-electron chi connectivity index (χ2n) is 4.35. The Labute approximate surface area is 110 Å². The summed E-state index contributed by atoms with van der Waals surface area (Å²) < 4.78 is 37.1. The van der Waals surface area contributed by atoms with Crippen LogP contribution in [0, 0.1) is 12.3 Å². The van der Waals surface area contributed by atoms with Gasteiger partial charge in [-0.2, -0.15) is 13.2 Å². The normalized spacial score (nSPS) is 14.7. The van der Waals surface area contributed by atoms with Gasteiger partial charge in [0.15, 0.2) is 0 Å². The Bertz CT molecular complexity index is 433. The first kappa shape index (κ1) is 15.5. The highest BCUT2D eigenvalue weighted by atomic mass is 19.4. The minimum absolute atomic E-state index is 0.0501. The molecule has 1 aromatic rings. The standard InChI is InChI=1S/C14H16F3NO/c1-3-4-10(2)18-9-13(19)11-5-7-12(8-6-11)14(15,16)17/h1,5-8,10,13,18-19H,4,9H2,2H3. The third-order valence-corrected chi connectivity index (χ3v) is 2.71. The van der Waals surface area contributed by atoms with Crippen LogP contribution in [-0.2, 0) is 6.18 Å². The molecule has 5 heteroatoms. The van der Waals surface area contributed by atoms with E-state index in [4.69, 9.17) is 6.42 Å². The molecule has 2 nitrogen and oxygen atoms in total. The van der Waals surface area contributed by atoms with Crippen LogP contribution < -0.4 is 5.32 Å². The van der Waals surface area contributed by atoms with Crippen LogP contribution in [-0.4, -0.2) is 17.7 Å². The molecular formula is C14H16F3NO. The zero-order chi connectivity index (χ0) is 14.5. The fraction of sp³-hybridized carbons (Fsp3) is 0.429. The van der Waals surface area contributed by atoms with Gasteiger partial charge in [-0.05, 0) is 24.6 Å². The van der Waals surface area contributed by atoms with E-state index in [0.29, 0.717) is 12.0 Å². The van der Waals surface area contributed by atoms with Gasteiger partial charge in [-0.3, -0.25) is 0 Å². The Morgan fingerprint density at radius 1 is 1.32 bits per heavy atom. The summed E-state index contributed by atoms with van der Waals surface area (Å²) in [5.41, 5.74) is -0.287. The molecule has 0 aromatic heterocycles.